The first-order valence-electron chi connectivity index (χ1n) is 5.23. The summed E-state index contributed by atoms with van der Waals surface area (Å²) in [5.41, 5.74) is 1.04. The van der Waals surface area contributed by atoms with Crippen molar-refractivity contribution >= 4 is 5.91 Å². The Balaban J connectivity index is 2.00. The number of phenolic OH excluding ortho intramolecular Hbond substituents is 1. The second kappa shape index (κ2) is 5.12. The molecule has 0 aliphatic carbocycles. The zero-order valence-corrected chi connectivity index (χ0v) is 9.13. The second-order valence-corrected chi connectivity index (χ2v) is 3.53. The van der Waals surface area contributed by atoms with E-state index in [1.807, 2.05) is 6.07 Å². The van der Waals surface area contributed by atoms with Gasteiger partial charge in [-0.3, -0.25) is 9.78 Å². The molecule has 0 unspecified atom stereocenters. The highest BCUT2D eigenvalue weighted by Gasteiger charge is 2.06. The number of aromatic hydroxyl groups is 1. The zero-order chi connectivity index (χ0) is 12.1. The first-order valence-corrected chi connectivity index (χ1v) is 5.23. The molecule has 1 heterocycles. The molecule has 0 atom stereocenters. The molecule has 2 rings (SSSR count). The first-order chi connectivity index (χ1) is 8.27. The number of hydrogen-bond acceptors (Lipinski definition) is 3. The molecule has 0 spiro atoms. The van der Waals surface area contributed by atoms with E-state index >= 15 is 0 Å². The fourth-order valence-electron chi connectivity index (χ4n) is 1.42. The maximum absolute atomic E-state index is 11.7. The Hall–Kier alpha value is -2.36. The molecule has 1 amide bonds. The number of carbonyl (C=O) groups excluding carboxylic acids is 1. The number of carbonyl (C=O) groups is 1. The summed E-state index contributed by atoms with van der Waals surface area (Å²) in [6.07, 6.45) is 1.56. The van der Waals surface area contributed by atoms with Crippen molar-refractivity contribution in [2.45, 2.75) is 6.54 Å². The minimum atomic E-state index is -0.256. The van der Waals surface area contributed by atoms with Crippen LogP contribution in [-0.4, -0.2) is 16.0 Å². The highest BCUT2D eigenvalue weighted by atomic mass is 16.3. The number of amides is 1. The highest BCUT2D eigenvalue weighted by Crippen LogP contribution is 2.14. The molecule has 4 nitrogen and oxygen atoms in total. The Morgan fingerprint density at radius 3 is 2.65 bits per heavy atom. The van der Waals surface area contributed by atoms with Gasteiger partial charge in [0.15, 0.2) is 0 Å². The molecule has 1 aromatic carbocycles. The first kappa shape index (κ1) is 11.1. The smallest absolute Gasteiger partial charge is 0.270 e. The minimum absolute atomic E-state index is 0.175. The van der Waals surface area contributed by atoms with Crippen molar-refractivity contribution in [3.05, 3.63) is 59.9 Å². The largest absolute Gasteiger partial charge is 0.508 e. The van der Waals surface area contributed by atoms with Crippen molar-refractivity contribution in [1.82, 2.24) is 10.3 Å². The number of hydrogen-bond donors (Lipinski definition) is 2. The molecule has 1 aromatic heterocycles. The summed E-state index contributed by atoms with van der Waals surface area (Å²) in [6.45, 7) is 0.280. The fourth-order valence-corrected chi connectivity index (χ4v) is 1.42. The monoisotopic (exact) mass is 228 g/mol. The molecule has 17 heavy (non-hydrogen) atoms. The van der Waals surface area contributed by atoms with Crippen LogP contribution in [0, 0.1) is 0 Å². The van der Waals surface area contributed by atoms with Gasteiger partial charge < -0.3 is 10.4 Å². The Kier molecular flexibility index (Phi) is 3.35. The molecule has 0 bridgehead atoms. The third-order valence-electron chi connectivity index (χ3n) is 2.33. The molecule has 2 aromatic rings. The number of aromatic nitrogens is 1. The molecule has 0 saturated heterocycles. The summed E-state index contributed by atoms with van der Waals surface area (Å²) < 4.78 is 0. The standard InChI is InChI=1S/C13H12N2O2/c16-12-7-2-1-5-10(12)9-15-13(17)11-6-3-4-8-14-11/h1-8,16H,9H2,(H,15,17). The lowest BCUT2D eigenvalue weighted by atomic mass is 10.2. The molecule has 0 aliphatic rings. The average molecular weight is 228 g/mol. The molecular formula is C13H12N2O2. The van der Waals surface area contributed by atoms with Gasteiger partial charge in [0, 0.05) is 18.3 Å². The van der Waals surface area contributed by atoms with E-state index in [0.717, 1.165) is 0 Å². The van der Waals surface area contributed by atoms with Crippen LogP contribution in [0.15, 0.2) is 48.7 Å². The Morgan fingerprint density at radius 1 is 1.18 bits per heavy atom. The molecule has 2 N–H and O–H groups in total. The maximum atomic E-state index is 11.7. The summed E-state index contributed by atoms with van der Waals surface area (Å²) >= 11 is 0. The number of nitrogens with one attached hydrogen (secondary N) is 1. The number of rotatable bonds is 3. The number of para-hydroxylation sites is 1. The predicted molar refractivity (Wildman–Crippen MR) is 63.5 cm³/mol. The van der Waals surface area contributed by atoms with Crippen LogP contribution in [0.3, 0.4) is 0 Å². The van der Waals surface area contributed by atoms with E-state index < -0.39 is 0 Å². The normalized spacial score (nSPS) is 9.88. The summed E-state index contributed by atoms with van der Waals surface area (Å²) in [7, 11) is 0. The molecule has 86 valence electrons. The van der Waals surface area contributed by atoms with Crippen molar-refractivity contribution < 1.29 is 9.90 Å². The Labute approximate surface area is 98.9 Å². The lowest BCUT2D eigenvalue weighted by molar-refractivity contribution is 0.0946. The highest BCUT2D eigenvalue weighted by molar-refractivity contribution is 5.92. The van der Waals surface area contributed by atoms with Gasteiger partial charge in [-0.2, -0.15) is 0 Å². The van der Waals surface area contributed by atoms with Gasteiger partial charge in [-0.15, -0.1) is 0 Å². The van der Waals surface area contributed by atoms with Crippen LogP contribution in [0.25, 0.3) is 0 Å². The molecular weight excluding hydrogens is 216 g/mol. The SMILES string of the molecule is O=C(NCc1ccccc1O)c1ccccn1. The summed E-state index contributed by atoms with van der Waals surface area (Å²) in [5.74, 6) is -0.0809. The van der Waals surface area contributed by atoms with Crippen LogP contribution >= 0.6 is 0 Å². The van der Waals surface area contributed by atoms with Gasteiger partial charge in [0.05, 0.1) is 0 Å². The number of phenols is 1. The molecule has 0 aliphatic heterocycles. The van der Waals surface area contributed by atoms with Gasteiger partial charge in [-0.1, -0.05) is 24.3 Å². The fraction of sp³-hybridized carbons (Fsp3) is 0.0769. The van der Waals surface area contributed by atoms with Gasteiger partial charge >= 0.3 is 0 Å². The van der Waals surface area contributed by atoms with Crippen LogP contribution in [0.2, 0.25) is 0 Å². The van der Waals surface area contributed by atoms with E-state index in [1.54, 1.807) is 42.6 Å². The molecule has 0 saturated carbocycles. The van der Waals surface area contributed by atoms with Gasteiger partial charge in [0.1, 0.15) is 11.4 Å². The Bertz CT molecular complexity index is 512. The van der Waals surface area contributed by atoms with Crippen LogP contribution in [0.5, 0.6) is 5.75 Å². The molecule has 0 radical (unpaired) electrons. The van der Waals surface area contributed by atoms with Crippen LogP contribution in [0.4, 0.5) is 0 Å². The van der Waals surface area contributed by atoms with Gasteiger partial charge in [-0.05, 0) is 18.2 Å². The van der Waals surface area contributed by atoms with E-state index in [-0.39, 0.29) is 18.2 Å². The lowest BCUT2D eigenvalue weighted by Gasteiger charge is -2.06. The van der Waals surface area contributed by atoms with E-state index in [1.165, 1.54) is 0 Å². The third-order valence-corrected chi connectivity index (χ3v) is 2.33. The molecule has 4 heteroatoms. The van der Waals surface area contributed by atoms with E-state index in [0.29, 0.717) is 11.3 Å². The maximum Gasteiger partial charge on any atom is 0.270 e. The molecule has 0 fully saturated rings. The Morgan fingerprint density at radius 2 is 1.94 bits per heavy atom. The lowest BCUT2D eigenvalue weighted by Crippen LogP contribution is -2.23. The third kappa shape index (κ3) is 2.81. The minimum Gasteiger partial charge on any atom is -0.508 e. The van der Waals surface area contributed by atoms with Crippen molar-refractivity contribution in [2.24, 2.45) is 0 Å². The second-order valence-electron chi connectivity index (χ2n) is 3.53. The summed E-state index contributed by atoms with van der Waals surface area (Å²) in [4.78, 5) is 15.6. The van der Waals surface area contributed by atoms with Crippen molar-refractivity contribution in [1.29, 1.82) is 0 Å². The van der Waals surface area contributed by atoms with Crippen LogP contribution < -0.4 is 5.32 Å². The van der Waals surface area contributed by atoms with Gasteiger partial charge in [0.25, 0.3) is 5.91 Å². The predicted octanol–water partition coefficient (Wildman–Crippen LogP) is 1.72. The van der Waals surface area contributed by atoms with E-state index in [2.05, 4.69) is 10.3 Å². The number of benzene rings is 1. The van der Waals surface area contributed by atoms with Crippen molar-refractivity contribution in [3.63, 3.8) is 0 Å². The number of nitrogens with zero attached hydrogens (tertiary/aromatic N) is 1. The van der Waals surface area contributed by atoms with Gasteiger partial charge in [-0.25, -0.2) is 0 Å². The zero-order valence-electron chi connectivity index (χ0n) is 9.13. The number of pyridine rings is 1. The quantitative estimate of drug-likeness (QED) is 0.840. The van der Waals surface area contributed by atoms with E-state index in [4.69, 9.17) is 0 Å². The van der Waals surface area contributed by atoms with E-state index in [9.17, 15) is 9.90 Å². The topological polar surface area (TPSA) is 62.2 Å². The van der Waals surface area contributed by atoms with Crippen LogP contribution in [-0.2, 0) is 6.54 Å². The summed E-state index contributed by atoms with van der Waals surface area (Å²) in [5, 5.41) is 12.2. The summed E-state index contributed by atoms with van der Waals surface area (Å²) in [6, 6.07) is 12.0. The average Bonchev–Trinajstić information content (AvgIpc) is 2.38. The van der Waals surface area contributed by atoms with Crippen molar-refractivity contribution in [3.8, 4) is 5.75 Å². The van der Waals surface area contributed by atoms with Gasteiger partial charge in [0.2, 0.25) is 0 Å². The van der Waals surface area contributed by atoms with Crippen molar-refractivity contribution in [2.75, 3.05) is 0 Å². The van der Waals surface area contributed by atoms with Crippen LogP contribution in [0.1, 0.15) is 16.1 Å².